The van der Waals surface area contributed by atoms with Crippen molar-refractivity contribution in [2.24, 2.45) is 10.3 Å². The van der Waals surface area contributed by atoms with E-state index in [1.807, 2.05) is 5.01 Å². The summed E-state index contributed by atoms with van der Waals surface area (Å²) in [5.74, 6) is 0. The molecule has 8 heteroatoms. The molecule has 1 fully saturated rings. The molecule has 2 aliphatic rings. The molecule has 8 nitrogen and oxygen atoms in total. The minimum absolute atomic E-state index is 0.305. The van der Waals surface area contributed by atoms with Crippen molar-refractivity contribution in [2.45, 2.75) is 13.2 Å². The molecule has 2 aliphatic heterocycles. The normalized spacial score (nSPS) is 25.5. The zero-order valence-corrected chi connectivity index (χ0v) is 9.74. The molecule has 0 radical (unpaired) electrons. The summed E-state index contributed by atoms with van der Waals surface area (Å²) in [5, 5.41) is 17.0. The van der Waals surface area contributed by atoms with E-state index in [1.165, 1.54) is 0 Å². The topological polar surface area (TPSA) is 81.7 Å². The van der Waals surface area contributed by atoms with E-state index in [1.54, 1.807) is 11.7 Å². The highest BCUT2D eigenvalue weighted by Crippen LogP contribution is 2.09. The maximum absolute atomic E-state index is 11.1. The second-order valence-corrected chi connectivity index (χ2v) is 3.59. The Bertz CT molecular complexity index is 314. The van der Waals surface area contributed by atoms with Gasteiger partial charge in [0.25, 0.3) is 12.8 Å². The molecule has 0 spiro atoms. The van der Waals surface area contributed by atoms with E-state index >= 15 is 0 Å². The fraction of sp³-hybridized carbons (Fsp3) is 0.889. The van der Waals surface area contributed by atoms with Crippen molar-refractivity contribution in [1.82, 2.24) is 5.01 Å². The van der Waals surface area contributed by atoms with Crippen molar-refractivity contribution in [1.29, 1.82) is 0 Å². The summed E-state index contributed by atoms with van der Waals surface area (Å²) >= 11 is 0. The van der Waals surface area contributed by atoms with Gasteiger partial charge in [-0.1, -0.05) is 6.92 Å². The summed E-state index contributed by atoms with van der Waals surface area (Å²) in [6.07, 6.45) is -1.20. The van der Waals surface area contributed by atoms with Crippen LogP contribution in [0.5, 0.6) is 0 Å². The smallest absolute Gasteiger partial charge is 0.288 e. The molecule has 2 rings (SSSR count). The highest BCUT2D eigenvalue weighted by Gasteiger charge is 2.33. The molecular formula is C9H16N4O4. The average Bonchev–Trinajstić information content (AvgIpc) is 2.79. The first-order valence-electron chi connectivity index (χ1n) is 5.64. The van der Waals surface area contributed by atoms with Crippen LogP contribution in [0.4, 0.5) is 0 Å². The zero-order chi connectivity index (χ0) is 12.1. The molecule has 1 atom stereocenters. The van der Waals surface area contributed by atoms with Crippen LogP contribution < -0.4 is 5.11 Å². The first-order chi connectivity index (χ1) is 8.29. The van der Waals surface area contributed by atoms with Crippen molar-refractivity contribution < 1.29 is 24.2 Å². The lowest BCUT2D eigenvalue weighted by Gasteiger charge is -2.20. The van der Waals surface area contributed by atoms with Crippen molar-refractivity contribution in [3.05, 3.63) is 0 Å². The summed E-state index contributed by atoms with van der Waals surface area (Å²) in [6.45, 7) is 5.33. The minimum atomic E-state index is -0.614. The van der Waals surface area contributed by atoms with Crippen LogP contribution >= 0.6 is 0 Å². The lowest BCUT2D eigenvalue weighted by atomic mass is 10.5. The third-order valence-electron chi connectivity index (χ3n) is 2.41. The highest BCUT2D eigenvalue weighted by molar-refractivity contribution is 5.61. The SMILES string of the molecule is CCOC([O-])=NC1C[N+](N2CCOCC2)=NO1. The summed E-state index contributed by atoms with van der Waals surface area (Å²) in [7, 11) is 0. The van der Waals surface area contributed by atoms with Gasteiger partial charge in [0.15, 0.2) is 0 Å². The molecule has 0 N–H and O–H groups in total. The van der Waals surface area contributed by atoms with Crippen LogP contribution in [-0.4, -0.2) is 61.6 Å². The van der Waals surface area contributed by atoms with Crippen molar-refractivity contribution in [2.75, 3.05) is 39.5 Å². The Balaban J connectivity index is 1.83. The number of hydrogen-bond donors (Lipinski definition) is 0. The number of hydrogen-bond acceptors (Lipinski definition) is 7. The second kappa shape index (κ2) is 5.67. The van der Waals surface area contributed by atoms with E-state index in [9.17, 15) is 5.11 Å². The van der Waals surface area contributed by atoms with Gasteiger partial charge in [0, 0.05) is 4.81 Å². The first-order valence-corrected chi connectivity index (χ1v) is 5.64. The Labute approximate surface area is 99.0 Å². The van der Waals surface area contributed by atoms with E-state index in [2.05, 4.69) is 10.3 Å². The van der Waals surface area contributed by atoms with Gasteiger partial charge in [-0.3, -0.25) is 0 Å². The maximum atomic E-state index is 11.1. The Morgan fingerprint density at radius 2 is 2.35 bits per heavy atom. The van der Waals surface area contributed by atoms with Gasteiger partial charge in [-0.05, 0) is 6.61 Å². The third kappa shape index (κ3) is 3.19. The molecule has 17 heavy (non-hydrogen) atoms. The third-order valence-corrected chi connectivity index (χ3v) is 2.41. The summed E-state index contributed by atoms with van der Waals surface area (Å²) in [6, 6.07) is 0. The number of rotatable bonds is 3. The van der Waals surface area contributed by atoms with Crippen molar-refractivity contribution >= 4 is 6.08 Å². The van der Waals surface area contributed by atoms with Gasteiger partial charge in [-0.2, -0.15) is 5.01 Å². The molecule has 0 aliphatic carbocycles. The van der Waals surface area contributed by atoms with Crippen LogP contribution in [0.2, 0.25) is 0 Å². The molecule has 0 aromatic heterocycles. The van der Waals surface area contributed by atoms with Gasteiger partial charge >= 0.3 is 0 Å². The highest BCUT2D eigenvalue weighted by atomic mass is 16.7. The molecule has 0 saturated carbocycles. The molecule has 0 aromatic carbocycles. The quantitative estimate of drug-likeness (QED) is 0.351. The number of aliphatic imine (C=N–C) groups is 1. The molecule has 0 aromatic rings. The van der Waals surface area contributed by atoms with Crippen LogP contribution in [0.3, 0.4) is 0 Å². The summed E-state index contributed by atoms with van der Waals surface area (Å²) < 4.78 is 9.94. The number of ether oxygens (including phenoxy) is 2. The molecule has 0 bridgehead atoms. The van der Waals surface area contributed by atoms with Crippen LogP contribution in [-0.2, 0) is 14.3 Å². The molecule has 1 unspecified atom stereocenters. The fourth-order valence-electron chi connectivity index (χ4n) is 1.61. The Morgan fingerprint density at radius 1 is 1.59 bits per heavy atom. The van der Waals surface area contributed by atoms with E-state index in [0.29, 0.717) is 26.4 Å². The van der Waals surface area contributed by atoms with Crippen LogP contribution in [0.15, 0.2) is 10.3 Å². The predicted octanol–water partition coefficient (Wildman–Crippen LogP) is -1.28. The van der Waals surface area contributed by atoms with Gasteiger partial charge < -0.3 is 19.4 Å². The number of hydrazine groups is 1. The fourth-order valence-corrected chi connectivity index (χ4v) is 1.61. The Kier molecular flexibility index (Phi) is 3.97. The van der Waals surface area contributed by atoms with Crippen molar-refractivity contribution in [3.8, 4) is 0 Å². The van der Waals surface area contributed by atoms with Gasteiger partial charge in [-0.15, -0.1) is 0 Å². The van der Waals surface area contributed by atoms with Crippen molar-refractivity contribution in [3.63, 3.8) is 0 Å². The van der Waals surface area contributed by atoms with Gasteiger partial charge in [0.05, 0.1) is 26.3 Å². The minimum Gasteiger partial charge on any atom is -0.601 e. The lowest BCUT2D eigenvalue weighted by Crippen LogP contribution is -2.43. The maximum Gasteiger partial charge on any atom is 0.288 e. The van der Waals surface area contributed by atoms with Crippen LogP contribution in [0, 0.1) is 0 Å². The number of morpholine rings is 1. The molecule has 0 amide bonds. The zero-order valence-electron chi connectivity index (χ0n) is 9.74. The Hall–Kier alpha value is -1.57. The van der Waals surface area contributed by atoms with Gasteiger partial charge in [0.1, 0.15) is 6.08 Å². The van der Waals surface area contributed by atoms with Gasteiger partial charge in [0.2, 0.25) is 5.28 Å². The first kappa shape index (κ1) is 11.9. The monoisotopic (exact) mass is 244 g/mol. The number of nitrogens with zero attached hydrogens (tertiary/aromatic N) is 4. The molecular weight excluding hydrogens is 228 g/mol. The van der Waals surface area contributed by atoms with Gasteiger partial charge in [-0.25, -0.2) is 4.99 Å². The van der Waals surface area contributed by atoms with Crippen LogP contribution in [0.1, 0.15) is 6.92 Å². The standard InChI is InChI=1S/C9H16N4O4/c1-2-16-9(14)10-8-7-13(11-17-8)12-3-5-15-6-4-12/h8H,2-7H2,1H3. The lowest BCUT2D eigenvalue weighted by molar-refractivity contribution is -0.742. The largest absolute Gasteiger partial charge is 0.601 e. The molecule has 2 heterocycles. The van der Waals surface area contributed by atoms with Crippen LogP contribution in [0.25, 0.3) is 0 Å². The average molecular weight is 244 g/mol. The molecule has 96 valence electrons. The van der Waals surface area contributed by atoms with E-state index in [-0.39, 0.29) is 0 Å². The summed E-state index contributed by atoms with van der Waals surface area (Å²) in [4.78, 5) is 10.4. The van der Waals surface area contributed by atoms with E-state index < -0.39 is 12.3 Å². The second-order valence-electron chi connectivity index (χ2n) is 3.59. The van der Waals surface area contributed by atoms with E-state index in [4.69, 9.17) is 14.3 Å². The Morgan fingerprint density at radius 3 is 3.06 bits per heavy atom. The molecule has 1 saturated heterocycles. The summed E-state index contributed by atoms with van der Waals surface area (Å²) in [5.41, 5.74) is 0. The predicted molar refractivity (Wildman–Crippen MR) is 53.9 cm³/mol. The van der Waals surface area contributed by atoms with E-state index in [0.717, 1.165) is 13.1 Å².